The molecule has 0 amide bonds. The van der Waals surface area contributed by atoms with Crippen LogP contribution >= 0.6 is 0 Å². The number of nitrogens with zero attached hydrogens (tertiary/aromatic N) is 3. The van der Waals surface area contributed by atoms with E-state index in [1.165, 1.54) is 0 Å². The van der Waals surface area contributed by atoms with E-state index in [4.69, 9.17) is 9.47 Å². The highest BCUT2D eigenvalue weighted by Gasteiger charge is 2.12. The summed E-state index contributed by atoms with van der Waals surface area (Å²) >= 11 is 0. The summed E-state index contributed by atoms with van der Waals surface area (Å²) in [4.78, 5) is 11.8. The van der Waals surface area contributed by atoms with E-state index in [1.807, 2.05) is 6.92 Å². The molecule has 0 unspecified atom stereocenters. The predicted molar refractivity (Wildman–Crippen MR) is 71.6 cm³/mol. The Hall–Kier alpha value is -2.51. The van der Waals surface area contributed by atoms with Crippen molar-refractivity contribution in [2.75, 3.05) is 19.0 Å². The van der Waals surface area contributed by atoms with Crippen molar-refractivity contribution in [3.05, 3.63) is 29.8 Å². The van der Waals surface area contributed by atoms with Gasteiger partial charge in [-0.3, -0.25) is 0 Å². The number of hydrogen-bond acceptors (Lipinski definition) is 6. The molecule has 0 aliphatic carbocycles. The predicted octanol–water partition coefficient (Wildman–Crippen LogP) is 2.77. The molecule has 0 spiro atoms. The van der Waals surface area contributed by atoms with Gasteiger partial charge in [-0.25, -0.2) is 8.78 Å². The van der Waals surface area contributed by atoms with Gasteiger partial charge in [-0.1, -0.05) is 6.92 Å². The van der Waals surface area contributed by atoms with Crippen LogP contribution < -0.4 is 14.8 Å². The average molecular weight is 296 g/mol. The zero-order chi connectivity index (χ0) is 15.2. The molecule has 1 aromatic carbocycles. The minimum absolute atomic E-state index is 0.0636. The van der Waals surface area contributed by atoms with Crippen molar-refractivity contribution in [3.63, 3.8) is 0 Å². The summed E-state index contributed by atoms with van der Waals surface area (Å²) in [6.07, 6.45) is 0.781. The van der Waals surface area contributed by atoms with E-state index in [-0.39, 0.29) is 23.7 Å². The quantitative estimate of drug-likeness (QED) is 0.884. The standard InChI is InChI=1S/C13H14F2N4O2/c1-3-6-20-12-17-11(16-2)18-13(19-12)21-10-5-4-8(14)7-9(10)15/h4-5,7H,3,6H2,1-2H3,(H,16,17,18,19). The first-order valence-electron chi connectivity index (χ1n) is 6.32. The fourth-order valence-electron chi connectivity index (χ4n) is 1.41. The number of hydrogen-bond donors (Lipinski definition) is 1. The fraction of sp³-hybridized carbons (Fsp3) is 0.308. The van der Waals surface area contributed by atoms with Gasteiger partial charge in [-0.2, -0.15) is 9.97 Å². The molecule has 0 radical (unpaired) electrons. The largest absolute Gasteiger partial charge is 0.463 e. The Morgan fingerprint density at radius 3 is 2.57 bits per heavy atom. The van der Waals surface area contributed by atoms with E-state index in [9.17, 15) is 8.78 Å². The van der Waals surface area contributed by atoms with E-state index in [1.54, 1.807) is 7.05 Å². The third-order valence-corrected chi connectivity index (χ3v) is 2.35. The van der Waals surface area contributed by atoms with Gasteiger partial charge in [0, 0.05) is 13.1 Å². The van der Waals surface area contributed by atoms with E-state index in [2.05, 4.69) is 20.3 Å². The van der Waals surface area contributed by atoms with Gasteiger partial charge in [-0.15, -0.1) is 4.98 Å². The molecule has 1 heterocycles. The summed E-state index contributed by atoms with van der Waals surface area (Å²) < 4.78 is 36.9. The summed E-state index contributed by atoms with van der Waals surface area (Å²) in [5, 5.41) is 2.72. The van der Waals surface area contributed by atoms with E-state index >= 15 is 0 Å². The molecule has 0 bridgehead atoms. The lowest BCUT2D eigenvalue weighted by molar-refractivity contribution is 0.284. The molecule has 0 aliphatic heterocycles. The molecule has 112 valence electrons. The molecule has 8 heteroatoms. The van der Waals surface area contributed by atoms with Crippen LogP contribution in [-0.2, 0) is 0 Å². The number of ether oxygens (including phenoxy) is 2. The number of anilines is 1. The van der Waals surface area contributed by atoms with Gasteiger partial charge in [0.15, 0.2) is 11.6 Å². The fourth-order valence-corrected chi connectivity index (χ4v) is 1.41. The van der Waals surface area contributed by atoms with Crippen LogP contribution in [0, 0.1) is 11.6 Å². The van der Waals surface area contributed by atoms with Gasteiger partial charge >= 0.3 is 12.0 Å². The Labute approximate surface area is 120 Å². The maximum atomic E-state index is 13.5. The minimum atomic E-state index is -0.850. The van der Waals surface area contributed by atoms with Crippen molar-refractivity contribution in [1.82, 2.24) is 15.0 Å². The summed E-state index contributed by atoms with van der Waals surface area (Å²) in [5.41, 5.74) is 0. The smallest absolute Gasteiger partial charge is 0.330 e. The average Bonchev–Trinajstić information content (AvgIpc) is 2.48. The van der Waals surface area contributed by atoms with Crippen molar-refractivity contribution in [2.24, 2.45) is 0 Å². The lowest BCUT2D eigenvalue weighted by atomic mass is 10.3. The first-order chi connectivity index (χ1) is 10.1. The highest BCUT2D eigenvalue weighted by molar-refractivity contribution is 5.30. The van der Waals surface area contributed by atoms with Crippen LogP contribution in [0.2, 0.25) is 0 Å². The topological polar surface area (TPSA) is 69.2 Å². The molecule has 0 saturated carbocycles. The third kappa shape index (κ3) is 3.98. The lowest BCUT2D eigenvalue weighted by Crippen LogP contribution is -2.06. The van der Waals surface area contributed by atoms with Crippen LogP contribution in [0.3, 0.4) is 0 Å². The third-order valence-electron chi connectivity index (χ3n) is 2.35. The molecule has 21 heavy (non-hydrogen) atoms. The molecule has 2 aromatic rings. The number of aromatic nitrogens is 3. The van der Waals surface area contributed by atoms with Crippen LogP contribution in [0.1, 0.15) is 13.3 Å². The highest BCUT2D eigenvalue weighted by Crippen LogP contribution is 2.24. The molecule has 0 fully saturated rings. The van der Waals surface area contributed by atoms with Crippen molar-refractivity contribution >= 4 is 5.95 Å². The molecule has 0 aliphatic rings. The van der Waals surface area contributed by atoms with Crippen LogP contribution in [0.5, 0.6) is 17.8 Å². The van der Waals surface area contributed by atoms with E-state index < -0.39 is 11.6 Å². The summed E-state index contributed by atoms with van der Waals surface area (Å²) in [5.74, 6) is -1.52. The van der Waals surface area contributed by atoms with Gasteiger partial charge < -0.3 is 14.8 Å². The van der Waals surface area contributed by atoms with Gasteiger partial charge in [0.25, 0.3) is 0 Å². The number of rotatable bonds is 6. The van der Waals surface area contributed by atoms with Gasteiger partial charge in [0.1, 0.15) is 5.82 Å². The molecule has 0 saturated heterocycles. The second kappa shape index (κ2) is 6.78. The van der Waals surface area contributed by atoms with E-state index in [0.717, 1.165) is 18.6 Å². The molecule has 0 atom stereocenters. The zero-order valence-electron chi connectivity index (χ0n) is 11.6. The second-order valence-electron chi connectivity index (χ2n) is 4.00. The molecule has 6 nitrogen and oxygen atoms in total. The Kier molecular flexibility index (Phi) is 4.81. The summed E-state index contributed by atoms with van der Waals surface area (Å²) in [6, 6.07) is 2.86. The monoisotopic (exact) mass is 296 g/mol. The zero-order valence-corrected chi connectivity index (χ0v) is 11.6. The highest BCUT2D eigenvalue weighted by atomic mass is 19.1. The SMILES string of the molecule is CCCOc1nc(NC)nc(Oc2ccc(F)cc2F)n1. The lowest BCUT2D eigenvalue weighted by Gasteiger charge is -2.08. The van der Waals surface area contributed by atoms with Crippen molar-refractivity contribution < 1.29 is 18.3 Å². The Bertz CT molecular complexity index is 625. The molecular weight excluding hydrogens is 282 g/mol. The number of benzene rings is 1. The summed E-state index contributed by atoms with van der Waals surface area (Å²) in [7, 11) is 1.61. The first-order valence-corrected chi connectivity index (χ1v) is 6.32. The normalized spacial score (nSPS) is 10.3. The van der Waals surface area contributed by atoms with Crippen molar-refractivity contribution in [1.29, 1.82) is 0 Å². The first kappa shape index (κ1) is 14.9. The molecular formula is C13H14F2N4O2. The van der Waals surface area contributed by atoms with Gasteiger partial charge in [0.05, 0.1) is 6.61 Å². The minimum Gasteiger partial charge on any atom is -0.463 e. The van der Waals surface area contributed by atoms with Crippen molar-refractivity contribution in [3.8, 4) is 17.8 Å². The summed E-state index contributed by atoms with van der Waals surface area (Å²) in [6.45, 7) is 2.36. The van der Waals surface area contributed by atoms with Crippen LogP contribution in [-0.4, -0.2) is 28.6 Å². The van der Waals surface area contributed by atoms with Gasteiger partial charge in [-0.05, 0) is 18.6 Å². The maximum Gasteiger partial charge on any atom is 0.330 e. The Balaban J connectivity index is 2.25. The molecule has 2 rings (SSSR count). The Morgan fingerprint density at radius 1 is 1.14 bits per heavy atom. The van der Waals surface area contributed by atoms with Crippen LogP contribution in [0.4, 0.5) is 14.7 Å². The number of halogens is 2. The van der Waals surface area contributed by atoms with E-state index in [0.29, 0.717) is 12.7 Å². The van der Waals surface area contributed by atoms with Crippen LogP contribution in [0.25, 0.3) is 0 Å². The molecule has 1 N–H and O–H groups in total. The second-order valence-corrected chi connectivity index (χ2v) is 4.00. The molecule has 1 aromatic heterocycles. The van der Waals surface area contributed by atoms with Crippen LogP contribution in [0.15, 0.2) is 18.2 Å². The maximum absolute atomic E-state index is 13.5. The van der Waals surface area contributed by atoms with Gasteiger partial charge in [0.2, 0.25) is 5.95 Å². The Morgan fingerprint density at radius 2 is 1.90 bits per heavy atom. The number of nitrogens with one attached hydrogen (secondary N) is 1. The van der Waals surface area contributed by atoms with Crippen molar-refractivity contribution in [2.45, 2.75) is 13.3 Å².